The molecule has 0 saturated heterocycles. The van der Waals surface area contributed by atoms with E-state index in [1.165, 1.54) is 30.0 Å². The van der Waals surface area contributed by atoms with Crippen LogP contribution in [0.1, 0.15) is 39.6 Å². The van der Waals surface area contributed by atoms with E-state index >= 15 is 0 Å². The van der Waals surface area contributed by atoms with Crippen molar-refractivity contribution in [3.63, 3.8) is 0 Å². The molecule has 0 spiro atoms. The maximum absolute atomic E-state index is 13.4. The fourth-order valence-corrected chi connectivity index (χ4v) is 5.33. The first-order valence-corrected chi connectivity index (χ1v) is 15.0. The van der Waals surface area contributed by atoms with Gasteiger partial charge in [0.15, 0.2) is 0 Å². The molecule has 224 valence electrons. The second kappa shape index (κ2) is 15.2. The van der Waals surface area contributed by atoms with Crippen molar-refractivity contribution in [2.45, 2.75) is 23.5 Å². The molecule has 1 unspecified atom stereocenters. The highest BCUT2D eigenvalue weighted by Gasteiger charge is 2.20. The molecule has 0 bridgehead atoms. The fraction of sp³-hybridized carbons (Fsp3) is 0.0909. The number of hydrogen-bond donors (Lipinski definition) is 4. The van der Waals surface area contributed by atoms with Gasteiger partial charge in [0.25, 0.3) is 11.8 Å². The van der Waals surface area contributed by atoms with Crippen LogP contribution in [0.5, 0.6) is 0 Å². The van der Waals surface area contributed by atoms with Crippen molar-refractivity contribution in [3.8, 4) is 0 Å². The molecule has 11 heteroatoms. The minimum Gasteiger partial charge on any atom is -0.478 e. The van der Waals surface area contributed by atoms with E-state index in [1.807, 2.05) is 13.0 Å². The van der Waals surface area contributed by atoms with Gasteiger partial charge in [-0.1, -0.05) is 66.5 Å². The van der Waals surface area contributed by atoms with Crippen LogP contribution in [0.3, 0.4) is 0 Å². The number of carbonyl (C=O) groups excluding carboxylic acids is 3. The molecule has 4 aromatic carbocycles. The molecule has 8 nitrogen and oxygen atoms in total. The van der Waals surface area contributed by atoms with Crippen LogP contribution in [0.2, 0.25) is 10.0 Å². The van der Waals surface area contributed by atoms with Crippen LogP contribution in [0.25, 0.3) is 6.08 Å². The molecule has 0 aromatic heterocycles. The van der Waals surface area contributed by atoms with Gasteiger partial charge in [0.1, 0.15) is 5.70 Å². The number of halogens is 2. The molecule has 4 rings (SSSR count). The number of nitrogens with one attached hydrogen (secondary N) is 3. The predicted molar refractivity (Wildman–Crippen MR) is 175 cm³/mol. The van der Waals surface area contributed by atoms with Gasteiger partial charge in [-0.15, -0.1) is 11.8 Å². The van der Waals surface area contributed by atoms with Gasteiger partial charge in [0.05, 0.1) is 15.8 Å². The Labute approximate surface area is 268 Å². The Hall–Kier alpha value is -4.57. The highest BCUT2D eigenvalue weighted by atomic mass is 35.5. The Morgan fingerprint density at radius 3 is 2.23 bits per heavy atom. The second-order valence-corrected chi connectivity index (χ2v) is 11.5. The van der Waals surface area contributed by atoms with Gasteiger partial charge in [-0.05, 0) is 78.7 Å². The number of thioether (sulfide) groups is 1. The summed E-state index contributed by atoms with van der Waals surface area (Å²) in [5.41, 5.74) is 1.73. The molecule has 0 aliphatic rings. The lowest BCUT2D eigenvalue weighted by Crippen LogP contribution is -2.30. The maximum atomic E-state index is 13.4. The molecular formula is C33H27Cl2N3O5S. The Bertz CT molecular complexity index is 1710. The average Bonchev–Trinajstić information content (AvgIpc) is 3.01. The zero-order valence-corrected chi connectivity index (χ0v) is 25.7. The van der Waals surface area contributed by atoms with Gasteiger partial charge in [0.2, 0.25) is 5.91 Å². The van der Waals surface area contributed by atoms with Crippen LogP contribution in [0.15, 0.2) is 108 Å². The lowest BCUT2D eigenvalue weighted by atomic mass is 10.1. The summed E-state index contributed by atoms with van der Waals surface area (Å²) in [7, 11) is 0. The molecule has 0 saturated carbocycles. The first-order chi connectivity index (χ1) is 21.1. The Morgan fingerprint density at radius 1 is 0.841 bits per heavy atom. The third-order valence-electron chi connectivity index (χ3n) is 6.21. The van der Waals surface area contributed by atoms with E-state index in [0.717, 1.165) is 0 Å². The molecule has 4 aromatic rings. The lowest BCUT2D eigenvalue weighted by molar-refractivity contribution is -0.116. The normalized spacial score (nSPS) is 11.8. The van der Waals surface area contributed by atoms with Gasteiger partial charge in [-0.25, -0.2) is 4.79 Å². The summed E-state index contributed by atoms with van der Waals surface area (Å²) in [6.45, 7) is 1.86. The number of rotatable bonds is 11. The number of benzene rings is 4. The molecule has 0 radical (unpaired) electrons. The van der Waals surface area contributed by atoms with Gasteiger partial charge in [-0.2, -0.15) is 0 Å². The zero-order chi connectivity index (χ0) is 31.6. The van der Waals surface area contributed by atoms with Gasteiger partial charge >= 0.3 is 5.97 Å². The summed E-state index contributed by atoms with van der Waals surface area (Å²) in [5, 5.41) is 17.7. The molecule has 0 aliphatic carbocycles. The number of amides is 3. The van der Waals surface area contributed by atoms with Crippen LogP contribution < -0.4 is 16.0 Å². The van der Waals surface area contributed by atoms with E-state index in [2.05, 4.69) is 16.0 Å². The van der Waals surface area contributed by atoms with Crippen molar-refractivity contribution in [1.82, 2.24) is 5.32 Å². The van der Waals surface area contributed by atoms with Gasteiger partial charge in [-0.3, -0.25) is 14.4 Å². The average molecular weight is 649 g/mol. The number of anilines is 2. The van der Waals surface area contributed by atoms with Crippen molar-refractivity contribution in [3.05, 3.63) is 129 Å². The minimum atomic E-state index is -1.20. The van der Waals surface area contributed by atoms with Crippen LogP contribution in [0, 0.1) is 0 Å². The fourth-order valence-electron chi connectivity index (χ4n) is 3.99. The van der Waals surface area contributed by atoms with Crippen molar-refractivity contribution in [2.24, 2.45) is 0 Å². The van der Waals surface area contributed by atoms with E-state index in [9.17, 15) is 24.3 Å². The van der Waals surface area contributed by atoms with Crippen molar-refractivity contribution in [1.29, 1.82) is 0 Å². The third kappa shape index (κ3) is 8.97. The van der Waals surface area contributed by atoms with E-state index < -0.39 is 23.0 Å². The number of carboxylic acid groups (broad SMARTS) is 1. The summed E-state index contributed by atoms with van der Waals surface area (Å²) in [6.07, 6.45) is 2.03. The Morgan fingerprint density at radius 2 is 1.55 bits per heavy atom. The van der Waals surface area contributed by atoms with Crippen molar-refractivity contribution < 1.29 is 24.3 Å². The highest BCUT2D eigenvalue weighted by Crippen LogP contribution is 2.29. The first-order valence-electron chi connectivity index (χ1n) is 13.4. The Balaban J connectivity index is 1.49. The first kappa shape index (κ1) is 32.3. The van der Waals surface area contributed by atoms with Crippen LogP contribution in [-0.4, -0.2) is 34.0 Å². The smallest absolute Gasteiger partial charge is 0.337 e. The zero-order valence-electron chi connectivity index (χ0n) is 23.3. The minimum absolute atomic E-state index is 0.0220. The van der Waals surface area contributed by atoms with E-state index in [4.69, 9.17) is 23.2 Å². The molecular weight excluding hydrogens is 621 g/mol. The summed E-state index contributed by atoms with van der Waals surface area (Å²) in [6, 6.07) is 26.6. The second-order valence-electron chi connectivity index (χ2n) is 9.42. The molecule has 0 aliphatic heterocycles. The van der Waals surface area contributed by atoms with Crippen molar-refractivity contribution >= 4 is 76.1 Å². The third-order valence-corrected chi connectivity index (χ3v) is 8.15. The summed E-state index contributed by atoms with van der Waals surface area (Å²) < 4.78 is 0. The van der Waals surface area contributed by atoms with Gasteiger partial charge < -0.3 is 21.1 Å². The number of carboxylic acids is 1. The molecule has 3 amide bonds. The summed E-state index contributed by atoms with van der Waals surface area (Å²) in [5.74, 6) is -2.51. The standard InChI is InChI=1S/C33H27Cl2N3O5S/c1-2-29(32(41)37-24-15-16-27(35)26(19-24)33(42)43)44-25-10-6-9-23(18-25)36-31(40)28(17-20-11-13-22(34)14-12-20)38-30(39)21-7-4-3-5-8-21/h3-19,29H,2H2,1H3,(H,36,40)(H,37,41)(H,38,39)(H,42,43)/b28-17-. The maximum Gasteiger partial charge on any atom is 0.337 e. The monoisotopic (exact) mass is 647 g/mol. The van der Waals surface area contributed by atoms with Crippen LogP contribution >= 0.6 is 35.0 Å². The SMILES string of the molecule is CCC(Sc1cccc(NC(=O)/C(=C/c2ccc(Cl)cc2)NC(=O)c2ccccc2)c1)C(=O)Nc1ccc(Cl)c(C(=O)O)c1. The number of carbonyl (C=O) groups is 4. The lowest BCUT2D eigenvalue weighted by Gasteiger charge is -2.16. The highest BCUT2D eigenvalue weighted by molar-refractivity contribution is 8.00. The molecule has 4 N–H and O–H groups in total. The van der Waals surface area contributed by atoms with E-state index in [-0.39, 0.29) is 22.2 Å². The largest absolute Gasteiger partial charge is 0.478 e. The summed E-state index contributed by atoms with van der Waals surface area (Å²) >= 11 is 13.2. The predicted octanol–water partition coefficient (Wildman–Crippen LogP) is 7.61. The van der Waals surface area contributed by atoms with Crippen LogP contribution in [-0.2, 0) is 9.59 Å². The van der Waals surface area contributed by atoms with E-state index in [0.29, 0.717) is 38.8 Å². The van der Waals surface area contributed by atoms with Gasteiger partial charge in [0, 0.05) is 26.9 Å². The van der Waals surface area contributed by atoms with Crippen molar-refractivity contribution in [2.75, 3.05) is 10.6 Å². The summed E-state index contributed by atoms with van der Waals surface area (Å²) in [4.78, 5) is 51.5. The number of aromatic carboxylic acids is 1. The molecule has 44 heavy (non-hydrogen) atoms. The molecule has 0 heterocycles. The molecule has 1 atom stereocenters. The number of hydrogen-bond acceptors (Lipinski definition) is 5. The topological polar surface area (TPSA) is 125 Å². The molecule has 0 fully saturated rings. The van der Waals surface area contributed by atoms with E-state index in [1.54, 1.807) is 78.9 Å². The van der Waals surface area contributed by atoms with Crippen LogP contribution in [0.4, 0.5) is 11.4 Å². The Kier molecular flexibility index (Phi) is 11.2. The quantitative estimate of drug-likeness (QED) is 0.0981.